The molecule has 0 spiro atoms. The SMILES string of the molecule is NNC(Cc1ccccc1F)C1CCSC1. The Morgan fingerprint density at radius 1 is 1.50 bits per heavy atom. The van der Waals surface area contributed by atoms with Gasteiger partial charge in [-0.2, -0.15) is 11.8 Å². The number of hydrazine groups is 1. The van der Waals surface area contributed by atoms with Gasteiger partial charge < -0.3 is 0 Å². The van der Waals surface area contributed by atoms with E-state index in [9.17, 15) is 4.39 Å². The minimum Gasteiger partial charge on any atom is -0.271 e. The third-order valence-corrected chi connectivity index (χ3v) is 4.33. The van der Waals surface area contributed by atoms with Crippen LogP contribution in [0.4, 0.5) is 4.39 Å². The van der Waals surface area contributed by atoms with Crippen LogP contribution in [-0.4, -0.2) is 17.5 Å². The summed E-state index contributed by atoms with van der Waals surface area (Å²) in [6.45, 7) is 0. The zero-order chi connectivity index (χ0) is 11.4. The van der Waals surface area contributed by atoms with E-state index in [1.165, 1.54) is 18.2 Å². The number of thioether (sulfide) groups is 1. The molecule has 0 aromatic heterocycles. The van der Waals surface area contributed by atoms with Crippen molar-refractivity contribution in [1.29, 1.82) is 0 Å². The summed E-state index contributed by atoms with van der Waals surface area (Å²) < 4.78 is 13.5. The molecule has 2 rings (SSSR count). The first-order valence-corrected chi connectivity index (χ1v) is 6.74. The van der Waals surface area contributed by atoms with Crippen LogP contribution in [0.2, 0.25) is 0 Å². The number of hydrogen-bond acceptors (Lipinski definition) is 3. The third kappa shape index (κ3) is 2.75. The molecule has 2 atom stereocenters. The Labute approximate surface area is 99.8 Å². The van der Waals surface area contributed by atoms with Crippen molar-refractivity contribution in [1.82, 2.24) is 5.43 Å². The second kappa shape index (κ2) is 5.66. The first kappa shape index (κ1) is 11.9. The Hall–Kier alpha value is -0.580. The van der Waals surface area contributed by atoms with Crippen LogP contribution in [0.5, 0.6) is 0 Å². The molecule has 1 aliphatic heterocycles. The minimum atomic E-state index is -0.131. The topological polar surface area (TPSA) is 38.0 Å². The lowest BCUT2D eigenvalue weighted by molar-refractivity contribution is 0.382. The monoisotopic (exact) mass is 240 g/mol. The number of hydrogen-bond donors (Lipinski definition) is 2. The highest BCUT2D eigenvalue weighted by atomic mass is 32.2. The molecule has 0 bridgehead atoms. The van der Waals surface area contributed by atoms with E-state index in [-0.39, 0.29) is 11.9 Å². The maximum atomic E-state index is 13.5. The molecule has 1 aromatic rings. The van der Waals surface area contributed by atoms with E-state index in [0.29, 0.717) is 12.3 Å². The van der Waals surface area contributed by atoms with Crippen LogP contribution in [0.25, 0.3) is 0 Å². The van der Waals surface area contributed by atoms with Crippen molar-refractivity contribution in [3.05, 3.63) is 35.6 Å². The van der Waals surface area contributed by atoms with Gasteiger partial charge >= 0.3 is 0 Å². The van der Waals surface area contributed by atoms with Gasteiger partial charge in [0, 0.05) is 6.04 Å². The molecule has 2 nitrogen and oxygen atoms in total. The Bertz CT molecular complexity index is 340. The number of halogens is 1. The summed E-state index contributed by atoms with van der Waals surface area (Å²) in [6, 6.07) is 7.12. The van der Waals surface area contributed by atoms with E-state index in [1.54, 1.807) is 6.07 Å². The van der Waals surface area contributed by atoms with Crippen molar-refractivity contribution >= 4 is 11.8 Å². The summed E-state index contributed by atoms with van der Waals surface area (Å²) in [5.41, 5.74) is 3.59. The Morgan fingerprint density at radius 2 is 2.31 bits per heavy atom. The summed E-state index contributed by atoms with van der Waals surface area (Å²) in [7, 11) is 0. The molecular weight excluding hydrogens is 223 g/mol. The van der Waals surface area contributed by atoms with E-state index in [2.05, 4.69) is 5.43 Å². The molecule has 16 heavy (non-hydrogen) atoms. The molecule has 1 aromatic carbocycles. The normalized spacial score (nSPS) is 22.2. The molecule has 3 N–H and O–H groups in total. The quantitative estimate of drug-likeness (QED) is 0.624. The highest BCUT2D eigenvalue weighted by molar-refractivity contribution is 7.99. The van der Waals surface area contributed by atoms with Gasteiger partial charge in [0.15, 0.2) is 0 Å². The van der Waals surface area contributed by atoms with Crippen LogP contribution in [0.15, 0.2) is 24.3 Å². The maximum absolute atomic E-state index is 13.5. The van der Waals surface area contributed by atoms with Crippen LogP contribution in [0, 0.1) is 11.7 Å². The van der Waals surface area contributed by atoms with E-state index in [1.807, 2.05) is 23.9 Å². The molecular formula is C12H17FN2S. The lowest BCUT2D eigenvalue weighted by atomic mass is 9.93. The molecule has 0 saturated carbocycles. The Morgan fingerprint density at radius 3 is 2.94 bits per heavy atom. The fourth-order valence-electron chi connectivity index (χ4n) is 2.13. The third-order valence-electron chi connectivity index (χ3n) is 3.15. The number of nitrogens with one attached hydrogen (secondary N) is 1. The summed E-state index contributed by atoms with van der Waals surface area (Å²) in [5, 5.41) is 0. The molecule has 2 unspecified atom stereocenters. The highest BCUT2D eigenvalue weighted by Crippen LogP contribution is 2.27. The summed E-state index contributed by atoms with van der Waals surface area (Å²) >= 11 is 1.95. The smallest absolute Gasteiger partial charge is 0.126 e. The highest BCUT2D eigenvalue weighted by Gasteiger charge is 2.25. The summed E-state index contributed by atoms with van der Waals surface area (Å²) in [4.78, 5) is 0. The van der Waals surface area contributed by atoms with E-state index >= 15 is 0 Å². The van der Waals surface area contributed by atoms with Crippen LogP contribution in [0.1, 0.15) is 12.0 Å². The predicted molar refractivity (Wildman–Crippen MR) is 66.6 cm³/mol. The fourth-order valence-corrected chi connectivity index (χ4v) is 3.47. The number of rotatable bonds is 4. The average molecular weight is 240 g/mol. The summed E-state index contributed by atoms with van der Waals surface area (Å²) in [6.07, 6.45) is 1.85. The van der Waals surface area contributed by atoms with Crippen molar-refractivity contribution in [2.45, 2.75) is 18.9 Å². The first-order valence-electron chi connectivity index (χ1n) is 5.58. The maximum Gasteiger partial charge on any atom is 0.126 e. The molecule has 0 aliphatic carbocycles. The Kier molecular flexibility index (Phi) is 4.21. The average Bonchev–Trinajstić information content (AvgIpc) is 2.81. The number of nitrogens with two attached hydrogens (primary N) is 1. The van der Waals surface area contributed by atoms with Gasteiger partial charge in [-0.15, -0.1) is 0 Å². The van der Waals surface area contributed by atoms with Crippen molar-refractivity contribution in [3.63, 3.8) is 0 Å². The molecule has 1 heterocycles. The zero-order valence-corrected chi connectivity index (χ0v) is 9.97. The van der Waals surface area contributed by atoms with Crippen molar-refractivity contribution in [2.24, 2.45) is 11.8 Å². The zero-order valence-electron chi connectivity index (χ0n) is 9.16. The van der Waals surface area contributed by atoms with Gasteiger partial charge in [0.05, 0.1) is 0 Å². The lowest BCUT2D eigenvalue weighted by Gasteiger charge is -2.22. The number of benzene rings is 1. The van der Waals surface area contributed by atoms with E-state index in [4.69, 9.17) is 5.84 Å². The van der Waals surface area contributed by atoms with Crippen molar-refractivity contribution in [2.75, 3.05) is 11.5 Å². The lowest BCUT2D eigenvalue weighted by Crippen LogP contribution is -2.42. The van der Waals surface area contributed by atoms with Crippen LogP contribution in [-0.2, 0) is 6.42 Å². The van der Waals surface area contributed by atoms with Crippen molar-refractivity contribution in [3.8, 4) is 0 Å². The minimum absolute atomic E-state index is 0.131. The first-order chi connectivity index (χ1) is 7.81. The second-order valence-electron chi connectivity index (χ2n) is 4.19. The fraction of sp³-hybridized carbons (Fsp3) is 0.500. The second-order valence-corrected chi connectivity index (χ2v) is 5.34. The van der Waals surface area contributed by atoms with Crippen LogP contribution >= 0.6 is 11.8 Å². The largest absolute Gasteiger partial charge is 0.271 e. The molecule has 4 heteroatoms. The van der Waals surface area contributed by atoms with Gasteiger partial charge in [0.1, 0.15) is 5.82 Å². The van der Waals surface area contributed by atoms with Gasteiger partial charge in [0.25, 0.3) is 0 Å². The van der Waals surface area contributed by atoms with E-state index < -0.39 is 0 Å². The molecule has 88 valence electrons. The van der Waals surface area contributed by atoms with Gasteiger partial charge in [0.2, 0.25) is 0 Å². The van der Waals surface area contributed by atoms with Crippen LogP contribution < -0.4 is 11.3 Å². The van der Waals surface area contributed by atoms with Gasteiger partial charge in [-0.1, -0.05) is 18.2 Å². The van der Waals surface area contributed by atoms with Crippen molar-refractivity contribution < 1.29 is 4.39 Å². The molecule has 1 fully saturated rings. The molecule has 1 saturated heterocycles. The molecule has 0 amide bonds. The molecule has 1 aliphatic rings. The molecule has 0 radical (unpaired) electrons. The predicted octanol–water partition coefficient (Wildman–Crippen LogP) is 1.95. The van der Waals surface area contributed by atoms with E-state index in [0.717, 1.165) is 11.3 Å². The summed E-state index contributed by atoms with van der Waals surface area (Å²) in [5.74, 6) is 8.32. The van der Waals surface area contributed by atoms with Crippen LogP contribution in [0.3, 0.4) is 0 Å². The van der Waals surface area contributed by atoms with Gasteiger partial charge in [-0.3, -0.25) is 11.3 Å². The standard InChI is InChI=1S/C12H17FN2S/c13-11-4-2-1-3-9(11)7-12(15-14)10-5-6-16-8-10/h1-4,10,12,15H,5-8,14H2. The van der Waals surface area contributed by atoms with Gasteiger partial charge in [-0.05, 0) is 41.9 Å². The Balaban J connectivity index is 2.03. The van der Waals surface area contributed by atoms with Gasteiger partial charge in [-0.25, -0.2) is 4.39 Å².